The van der Waals surface area contributed by atoms with Gasteiger partial charge in [-0.2, -0.15) is 0 Å². The van der Waals surface area contributed by atoms with Crippen molar-refractivity contribution in [2.24, 2.45) is 11.7 Å². The molecule has 1 heterocycles. The zero-order chi connectivity index (χ0) is 17.0. The van der Waals surface area contributed by atoms with Gasteiger partial charge in [-0.25, -0.2) is 0 Å². The van der Waals surface area contributed by atoms with Crippen LogP contribution in [0.15, 0.2) is 18.2 Å². The number of fused-ring (bicyclic) bond motifs is 1. The van der Waals surface area contributed by atoms with E-state index in [0.717, 1.165) is 49.2 Å². The molecule has 0 radical (unpaired) electrons. The Bertz CT molecular complexity index is 542. The molecule has 1 amide bonds. The van der Waals surface area contributed by atoms with Gasteiger partial charge in [0.05, 0.1) is 5.69 Å². The molecule has 0 aromatic heterocycles. The van der Waals surface area contributed by atoms with Crippen molar-refractivity contribution in [3.8, 4) is 5.75 Å². The first-order chi connectivity index (χ1) is 10.9. The Morgan fingerprint density at radius 1 is 1.30 bits per heavy atom. The van der Waals surface area contributed by atoms with Gasteiger partial charge in [-0.3, -0.25) is 4.79 Å². The summed E-state index contributed by atoms with van der Waals surface area (Å²) in [6.45, 7) is 9.05. The van der Waals surface area contributed by atoms with Gasteiger partial charge in [-0.15, -0.1) is 0 Å². The van der Waals surface area contributed by atoms with Crippen molar-refractivity contribution in [2.45, 2.75) is 65.5 Å². The lowest BCUT2D eigenvalue weighted by molar-refractivity contribution is -0.125. The number of hydrogen-bond donors (Lipinski definition) is 1. The van der Waals surface area contributed by atoms with Gasteiger partial charge >= 0.3 is 0 Å². The predicted octanol–water partition coefficient (Wildman–Crippen LogP) is 4.04. The van der Waals surface area contributed by atoms with Crippen molar-refractivity contribution >= 4 is 11.6 Å². The molecule has 0 fully saturated rings. The van der Waals surface area contributed by atoms with E-state index in [1.54, 1.807) is 0 Å². The second-order valence-corrected chi connectivity index (χ2v) is 6.91. The summed E-state index contributed by atoms with van der Waals surface area (Å²) in [5.74, 6) is 1.38. The van der Waals surface area contributed by atoms with Crippen LogP contribution >= 0.6 is 0 Å². The zero-order valence-corrected chi connectivity index (χ0v) is 14.8. The lowest BCUT2D eigenvalue weighted by atomic mass is 10.00. The lowest BCUT2D eigenvalue weighted by Crippen LogP contribution is -2.45. The van der Waals surface area contributed by atoms with Crippen LogP contribution in [0.5, 0.6) is 5.75 Å². The van der Waals surface area contributed by atoms with Crippen LogP contribution in [0.2, 0.25) is 0 Å². The molecule has 0 saturated heterocycles. The van der Waals surface area contributed by atoms with Gasteiger partial charge in [-0.1, -0.05) is 39.7 Å². The number of amides is 1. The maximum absolute atomic E-state index is 12.5. The van der Waals surface area contributed by atoms with Crippen LogP contribution in [0, 0.1) is 5.92 Å². The van der Waals surface area contributed by atoms with Crippen molar-refractivity contribution < 1.29 is 9.53 Å². The summed E-state index contributed by atoms with van der Waals surface area (Å²) >= 11 is 0. The summed E-state index contributed by atoms with van der Waals surface area (Å²) in [4.78, 5) is 14.4. The van der Waals surface area contributed by atoms with Gasteiger partial charge < -0.3 is 15.4 Å². The van der Waals surface area contributed by atoms with Crippen LogP contribution in [0.25, 0.3) is 0 Å². The number of carbonyl (C=O) groups is 1. The number of nitrogens with two attached hydrogens (primary N) is 1. The number of carbonyl (C=O) groups excluding carboxylic acids is 1. The maximum atomic E-state index is 12.5. The number of rotatable bonds is 7. The van der Waals surface area contributed by atoms with Crippen molar-refractivity contribution in [1.82, 2.24) is 0 Å². The molecule has 1 aliphatic rings. The molecule has 23 heavy (non-hydrogen) atoms. The van der Waals surface area contributed by atoms with E-state index >= 15 is 0 Å². The molecule has 1 aliphatic heterocycles. The zero-order valence-electron chi connectivity index (χ0n) is 14.8. The van der Waals surface area contributed by atoms with E-state index in [9.17, 15) is 4.79 Å². The minimum atomic E-state index is -0.422. The largest absolute Gasteiger partial charge is 0.479 e. The summed E-state index contributed by atoms with van der Waals surface area (Å²) in [5.41, 5.74) is 8.25. The summed E-state index contributed by atoms with van der Waals surface area (Å²) in [6, 6.07) is 6.05. The SMILES string of the molecule is CCCCC(N)c1ccc2c(c1)N(CCC(C)C)C(=O)C(C)O2. The van der Waals surface area contributed by atoms with E-state index in [1.807, 2.05) is 30.0 Å². The Hall–Kier alpha value is -1.55. The van der Waals surface area contributed by atoms with Gasteiger partial charge in [0.2, 0.25) is 0 Å². The Kier molecular flexibility index (Phi) is 6.05. The average Bonchev–Trinajstić information content (AvgIpc) is 2.52. The standard InChI is InChI=1S/C19H30N2O2/c1-5-6-7-16(20)15-8-9-18-17(12-15)21(11-10-13(2)3)19(22)14(4)23-18/h8-9,12-14,16H,5-7,10-11,20H2,1-4H3. The smallest absolute Gasteiger partial charge is 0.267 e. The molecular formula is C19H30N2O2. The van der Waals surface area contributed by atoms with Crippen LogP contribution < -0.4 is 15.4 Å². The van der Waals surface area contributed by atoms with E-state index < -0.39 is 6.10 Å². The molecule has 0 bridgehead atoms. The molecule has 2 atom stereocenters. The quantitative estimate of drug-likeness (QED) is 0.825. The highest BCUT2D eigenvalue weighted by atomic mass is 16.5. The maximum Gasteiger partial charge on any atom is 0.267 e. The van der Waals surface area contributed by atoms with Crippen molar-refractivity contribution in [1.29, 1.82) is 0 Å². The number of unbranched alkanes of at least 4 members (excludes halogenated alkanes) is 1. The summed E-state index contributed by atoms with van der Waals surface area (Å²) < 4.78 is 5.76. The molecule has 2 N–H and O–H groups in total. The Balaban J connectivity index is 2.27. The third-order valence-electron chi connectivity index (χ3n) is 4.42. The molecule has 2 rings (SSSR count). The van der Waals surface area contributed by atoms with E-state index in [1.165, 1.54) is 0 Å². The number of hydrogen-bond acceptors (Lipinski definition) is 3. The Morgan fingerprint density at radius 2 is 2.04 bits per heavy atom. The van der Waals surface area contributed by atoms with Gasteiger partial charge in [0.25, 0.3) is 5.91 Å². The van der Waals surface area contributed by atoms with Crippen LogP contribution in [0.1, 0.15) is 65.0 Å². The molecule has 0 saturated carbocycles. The van der Waals surface area contributed by atoms with Crippen molar-refractivity contribution in [3.05, 3.63) is 23.8 Å². The molecule has 128 valence electrons. The lowest BCUT2D eigenvalue weighted by Gasteiger charge is -2.34. The molecule has 4 nitrogen and oxygen atoms in total. The van der Waals surface area contributed by atoms with Gasteiger partial charge in [0.15, 0.2) is 6.10 Å². The first-order valence-electron chi connectivity index (χ1n) is 8.81. The fourth-order valence-electron chi connectivity index (χ4n) is 2.86. The summed E-state index contributed by atoms with van der Waals surface area (Å²) in [7, 11) is 0. The summed E-state index contributed by atoms with van der Waals surface area (Å²) in [6.07, 6.45) is 3.77. The topological polar surface area (TPSA) is 55.6 Å². The second kappa shape index (κ2) is 7.82. The van der Waals surface area contributed by atoms with E-state index in [4.69, 9.17) is 10.5 Å². The van der Waals surface area contributed by atoms with Crippen molar-refractivity contribution in [2.75, 3.05) is 11.4 Å². The molecular weight excluding hydrogens is 288 g/mol. The summed E-state index contributed by atoms with van der Waals surface area (Å²) in [5, 5.41) is 0. The highest BCUT2D eigenvalue weighted by Crippen LogP contribution is 2.36. The van der Waals surface area contributed by atoms with Crippen LogP contribution in [0.3, 0.4) is 0 Å². The highest BCUT2D eigenvalue weighted by Gasteiger charge is 2.31. The first-order valence-corrected chi connectivity index (χ1v) is 8.81. The minimum absolute atomic E-state index is 0.0154. The highest BCUT2D eigenvalue weighted by molar-refractivity contribution is 5.99. The minimum Gasteiger partial charge on any atom is -0.479 e. The number of nitrogens with zero attached hydrogens (tertiary/aromatic N) is 1. The third-order valence-corrected chi connectivity index (χ3v) is 4.42. The van der Waals surface area contributed by atoms with Crippen LogP contribution in [-0.2, 0) is 4.79 Å². The van der Waals surface area contributed by atoms with Crippen LogP contribution in [-0.4, -0.2) is 18.6 Å². The fourth-order valence-corrected chi connectivity index (χ4v) is 2.86. The predicted molar refractivity (Wildman–Crippen MR) is 94.8 cm³/mol. The first kappa shape index (κ1) is 17.8. The number of ether oxygens (including phenoxy) is 1. The second-order valence-electron chi connectivity index (χ2n) is 6.91. The average molecular weight is 318 g/mol. The van der Waals surface area contributed by atoms with E-state index in [0.29, 0.717) is 5.92 Å². The molecule has 1 aromatic carbocycles. The third kappa shape index (κ3) is 4.25. The molecule has 0 aliphatic carbocycles. The van der Waals surface area contributed by atoms with Gasteiger partial charge in [0.1, 0.15) is 5.75 Å². The van der Waals surface area contributed by atoms with Gasteiger partial charge in [0, 0.05) is 12.6 Å². The molecule has 1 aromatic rings. The molecule has 2 unspecified atom stereocenters. The van der Waals surface area contributed by atoms with E-state index in [2.05, 4.69) is 20.8 Å². The fraction of sp³-hybridized carbons (Fsp3) is 0.632. The van der Waals surface area contributed by atoms with Crippen molar-refractivity contribution in [3.63, 3.8) is 0 Å². The van der Waals surface area contributed by atoms with Crippen LogP contribution in [0.4, 0.5) is 5.69 Å². The number of anilines is 1. The normalized spacial score (nSPS) is 18.8. The molecule has 4 heteroatoms. The Morgan fingerprint density at radius 3 is 2.70 bits per heavy atom. The van der Waals surface area contributed by atoms with Gasteiger partial charge in [-0.05, 0) is 43.4 Å². The molecule has 0 spiro atoms. The monoisotopic (exact) mass is 318 g/mol. The van der Waals surface area contributed by atoms with E-state index in [-0.39, 0.29) is 11.9 Å². The number of benzene rings is 1. The Labute approximate surface area is 140 Å².